The lowest BCUT2D eigenvalue weighted by Crippen LogP contribution is -3.12. The third-order valence-corrected chi connectivity index (χ3v) is 4.79. The van der Waals surface area contributed by atoms with Gasteiger partial charge in [-0.05, 0) is 35.5 Å². The van der Waals surface area contributed by atoms with Gasteiger partial charge >= 0.3 is 0 Å². The largest absolute Gasteiger partial charge is 0.370 e. The first kappa shape index (κ1) is 18.8. The minimum atomic E-state index is -0.229. The van der Waals surface area contributed by atoms with Crippen molar-refractivity contribution in [2.24, 2.45) is 0 Å². The summed E-state index contributed by atoms with van der Waals surface area (Å²) in [6.45, 7) is 6.19. The minimum absolute atomic E-state index is 0.229. The molecule has 2 aromatic rings. The summed E-state index contributed by atoms with van der Waals surface area (Å²) in [5.74, 6) is -0.229. The second kappa shape index (κ2) is 9.62. The number of benzene rings is 2. The van der Waals surface area contributed by atoms with E-state index in [1.54, 1.807) is 17.0 Å². The molecular weight excluding hydrogens is 349 g/mol. The number of nitrogens with one attached hydrogen (secondary N) is 3. The van der Waals surface area contributed by atoms with Gasteiger partial charge in [-0.3, -0.25) is 0 Å². The van der Waals surface area contributed by atoms with E-state index < -0.39 is 0 Å². The van der Waals surface area contributed by atoms with E-state index in [1.165, 1.54) is 23.3 Å². The summed E-state index contributed by atoms with van der Waals surface area (Å²) >= 11 is 5.30. The highest BCUT2D eigenvalue weighted by molar-refractivity contribution is 7.80. The normalized spacial score (nSPS) is 14.8. The van der Waals surface area contributed by atoms with E-state index in [-0.39, 0.29) is 5.82 Å². The van der Waals surface area contributed by atoms with Gasteiger partial charge in [0, 0.05) is 18.7 Å². The Morgan fingerprint density at radius 3 is 1.96 bits per heavy atom. The summed E-state index contributed by atoms with van der Waals surface area (Å²) in [5, 5.41) is 6.94. The van der Waals surface area contributed by atoms with E-state index in [1.807, 2.05) is 0 Å². The summed E-state index contributed by atoms with van der Waals surface area (Å²) in [7, 11) is 0. The molecule has 3 N–H and O–H groups in total. The van der Waals surface area contributed by atoms with Gasteiger partial charge in [-0.1, -0.05) is 36.4 Å². The lowest BCUT2D eigenvalue weighted by atomic mass is 10.1. The van der Waals surface area contributed by atoms with Crippen LogP contribution >= 0.6 is 12.2 Å². The van der Waals surface area contributed by atoms with Crippen molar-refractivity contribution >= 4 is 17.3 Å². The summed E-state index contributed by atoms with van der Waals surface area (Å²) < 4.78 is 18.3. The number of thiocarbonyl (C=S) groups is 1. The zero-order valence-corrected chi connectivity index (χ0v) is 15.6. The van der Waals surface area contributed by atoms with E-state index >= 15 is 0 Å². The second-order valence-electron chi connectivity index (χ2n) is 6.52. The molecule has 0 bridgehead atoms. The highest BCUT2D eigenvalue weighted by Crippen LogP contribution is 2.04. The maximum absolute atomic E-state index is 12.9. The van der Waals surface area contributed by atoms with Gasteiger partial charge in [0.05, 0.1) is 13.2 Å². The Balaban J connectivity index is 1.39. The molecule has 0 amide bonds. The number of hydrogen-bond acceptors (Lipinski definition) is 2. The van der Waals surface area contributed by atoms with Crippen molar-refractivity contribution in [3.63, 3.8) is 0 Å². The Labute approximate surface area is 159 Å². The molecule has 26 heavy (non-hydrogen) atoms. The molecule has 1 heterocycles. The van der Waals surface area contributed by atoms with E-state index in [2.05, 4.69) is 34.9 Å². The van der Waals surface area contributed by atoms with Crippen molar-refractivity contribution in [1.29, 1.82) is 0 Å². The van der Waals surface area contributed by atoms with Crippen LogP contribution in [0.1, 0.15) is 16.7 Å². The van der Waals surface area contributed by atoms with Crippen molar-refractivity contribution in [2.75, 3.05) is 26.3 Å². The third-order valence-electron chi connectivity index (χ3n) is 4.50. The van der Waals surface area contributed by atoms with Gasteiger partial charge in [0.15, 0.2) is 5.11 Å². The molecule has 1 saturated heterocycles. The highest BCUT2D eigenvalue weighted by atomic mass is 32.1. The average molecular weight is 375 g/mol. The highest BCUT2D eigenvalue weighted by Gasteiger charge is 2.13. The standard InChI is InChI=1S/C20H24FN3OS/c21-19-7-5-17(6-8-19)14-23-20(26)22-13-16-1-3-18(4-2-16)15-24-9-11-25-12-10-24/h1-8H,9-15H2,(H2,22,23,26)/p+1. The molecule has 4 nitrogen and oxygen atoms in total. The number of halogens is 1. The van der Waals surface area contributed by atoms with Gasteiger partial charge in [-0.25, -0.2) is 4.39 Å². The van der Waals surface area contributed by atoms with Crippen molar-refractivity contribution in [3.8, 4) is 0 Å². The van der Waals surface area contributed by atoms with Crippen molar-refractivity contribution in [1.82, 2.24) is 10.6 Å². The summed E-state index contributed by atoms with van der Waals surface area (Å²) in [6.07, 6.45) is 0. The molecule has 138 valence electrons. The minimum Gasteiger partial charge on any atom is -0.370 e. The van der Waals surface area contributed by atoms with Crippen LogP contribution in [0.2, 0.25) is 0 Å². The molecule has 0 atom stereocenters. The predicted molar refractivity (Wildman–Crippen MR) is 104 cm³/mol. The molecule has 1 fully saturated rings. The molecule has 1 aliphatic rings. The summed E-state index contributed by atoms with van der Waals surface area (Å²) in [4.78, 5) is 1.58. The molecule has 0 unspecified atom stereocenters. The molecule has 0 spiro atoms. The first-order valence-electron chi connectivity index (χ1n) is 8.94. The molecule has 3 rings (SSSR count). The third kappa shape index (κ3) is 6.05. The molecule has 0 saturated carbocycles. The smallest absolute Gasteiger partial charge is 0.166 e. The van der Waals surface area contributed by atoms with Crippen LogP contribution in [0.15, 0.2) is 48.5 Å². The lowest BCUT2D eigenvalue weighted by molar-refractivity contribution is -0.921. The van der Waals surface area contributed by atoms with Crippen LogP contribution in [-0.2, 0) is 24.4 Å². The molecule has 6 heteroatoms. The fourth-order valence-corrected chi connectivity index (χ4v) is 3.07. The average Bonchev–Trinajstić information content (AvgIpc) is 2.68. The van der Waals surface area contributed by atoms with Gasteiger partial charge in [-0.15, -0.1) is 0 Å². The van der Waals surface area contributed by atoms with E-state index in [0.717, 1.165) is 38.4 Å². The van der Waals surface area contributed by atoms with Gasteiger partial charge < -0.3 is 20.3 Å². The van der Waals surface area contributed by atoms with Crippen LogP contribution in [0.4, 0.5) is 4.39 Å². The molecule has 1 aliphatic heterocycles. The Morgan fingerprint density at radius 2 is 1.38 bits per heavy atom. The van der Waals surface area contributed by atoms with Gasteiger partial charge in [0.2, 0.25) is 0 Å². The fraction of sp³-hybridized carbons (Fsp3) is 0.350. The monoisotopic (exact) mass is 374 g/mol. The van der Waals surface area contributed by atoms with Crippen LogP contribution in [0, 0.1) is 5.82 Å². The maximum atomic E-state index is 12.9. The molecule has 2 aromatic carbocycles. The van der Waals surface area contributed by atoms with E-state index in [0.29, 0.717) is 18.2 Å². The summed E-state index contributed by atoms with van der Waals surface area (Å²) in [6, 6.07) is 15.1. The molecule has 0 aromatic heterocycles. The maximum Gasteiger partial charge on any atom is 0.166 e. The first-order valence-corrected chi connectivity index (χ1v) is 9.35. The number of morpholine rings is 1. The number of rotatable bonds is 6. The lowest BCUT2D eigenvalue weighted by Gasteiger charge is -2.23. The number of quaternary nitrogens is 1. The molecular formula is C20H25FN3OS+. The van der Waals surface area contributed by atoms with Crippen LogP contribution < -0.4 is 15.5 Å². The van der Waals surface area contributed by atoms with Crippen LogP contribution in [-0.4, -0.2) is 31.4 Å². The quantitative estimate of drug-likeness (QED) is 0.669. The summed E-state index contributed by atoms with van der Waals surface area (Å²) in [5.41, 5.74) is 3.53. The predicted octanol–water partition coefficient (Wildman–Crippen LogP) is 1.41. The number of ether oxygens (including phenoxy) is 1. The van der Waals surface area contributed by atoms with Crippen molar-refractivity contribution < 1.29 is 14.0 Å². The van der Waals surface area contributed by atoms with Gasteiger partial charge in [-0.2, -0.15) is 0 Å². The second-order valence-corrected chi connectivity index (χ2v) is 6.93. The Bertz CT molecular complexity index is 700. The van der Waals surface area contributed by atoms with Gasteiger partial charge in [0.1, 0.15) is 25.5 Å². The zero-order chi connectivity index (χ0) is 18.2. The van der Waals surface area contributed by atoms with Crippen LogP contribution in [0.5, 0.6) is 0 Å². The van der Waals surface area contributed by atoms with Crippen LogP contribution in [0.25, 0.3) is 0 Å². The zero-order valence-electron chi connectivity index (χ0n) is 14.8. The van der Waals surface area contributed by atoms with E-state index in [4.69, 9.17) is 17.0 Å². The number of hydrogen-bond donors (Lipinski definition) is 3. The topological polar surface area (TPSA) is 37.7 Å². The SMILES string of the molecule is Fc1ccc(CNC(=S)NCc2ccc(C[NH+]3CCOCC3)cc2)cc1. The first-order chi connectivity index (χ1) is 12.7. The molecule has 0 aliphatic carbocycles. The Kier molecular flexibility index (Phi) is 6.94. The van der Waals surface area contributed by atoms with Crippen LogP contribution in [0.3, 0.4) is 0 Å². The van der Waals surface area contributed by atoms with Crippen molar-refractivity contribution in [3.05, 3.63) is 71.0 Å². The van der Waals surface area contributed by atoms with E-state index in [9.17, 15) is 4.39 Å². The Hall–Kier alpha value is -2.02. The molecule has 0 radical (unpaired) electrons. The van der Waals surface area contributed by atoms with Crippen molar-refractivity contribution in [2.45, 2.75) is 19.6 Å². The van der Waals surface area contributed by atoms with Gasteiger partial charge in [0.25, 0.3) is 0 Å². The Morgan fingerprint density at radius 1 is 0.885 bits per heavy atom. The fourth-order valence-electron chi connectivity index (χ4n) is 2.93.